The van der Waals surface area contributed by atoms with E-state index in [4.69, 9.17) is 0 Å². The molecule has 0 saturated carbocycles. The number of carbonyl (C=O) groups excluding carboxylic acids is 1. The van der Waals surface area contributed by atoms with E-state index >= 15 is 0 Å². The molecule has 0 aromatic heterocycles. The molecule has 0 aliphatic rings. The number of rotatable bonds is 5. The van der Waals surface area contributed by atoms with Gasteiger partial charge in [0.15, 0.2) is 0 Å². The topological polar surface area (TPSA) is 43.1 Å². The summed E-state index contributed by atoms with van der Waals surface area (Å²) in [5.41, 5.74) is 5.86. The molecule has 2 nitrogen and oxygen atoms in total. The lowest BCUT2D eigenvalue weighted by molar-refractivity contribution is -0.107. The zero-order chi connectivity index (χ0) is 14.6. The first-order chi connectivity index (χ1) is 8.93. The summed E-state index contributed by atoms with van der Waals surface area (Å²) in [5.74, 6) is 0. The molecule has 0 amide bonds. The molecule has 106 valence electrons. The number of nitrogens with two attached hydrogens (primary N) is 1. The second-order valence-electron chi connectivity index (χ2n) is 2.90. The first-order valence-electron chi connectivity index (χ1n) is 6.99. The van der Waals surface area contributed by atoms with E-state index in [2.05, 4.69) is 30.0 Å². The molecular weight excluding hydrogens is 222 g/mol. The maximum Gasteiger partial charge on any atom is 0.119 e. The normalized spacial score (nSPS) is 7.44. The van der Waals surface area contributed by atoms with Gasteiger partial charge in [0, 0.05) is 6.42 Å². The molecule has 0 aliphatic carbocycles. The van der Waals surface area contributed by atoms with Crippen molar-refractivity contribution >= 4 is 6.29 Å². The fourth-order valence-corrected chi connectivity index (χ4v) is 1.20. The third-order valence-electron chi connectivity index (χ3n) is 1.88. The number of hydrogen-bond acceptors (Lipinski definition) is 2. The highest BCUT2D eigenvalue weighted by molar-refractivity contribution is 5.48. The number of carbonyl (C=O) groups is 1. The van der Waals surface area contributed by atoms with Crippen LogP contribution in [0.5, 0.6) is 0 Å². The van der Waals surface area contributed by atoms with E-state index in [0.29, 0.717) is 6.42 Å². The molecule has 0 spiro atoms. The summed E-state index contributed by atoms with van der Waals surface area (Å²) in [6.07, 6.45) is 4.91. The van der Waals surface area contributed by atoms with Crippen molar-refractivity contribution in [2.24, 2.45) is 5.73 Å². The van der Waals surface area contributed by atoms with Crippen LogP contribution >= 0.6 is 0 Å². The van der Waals surface area contributed by atoms with Crippen molar-refractivity contribution in [1.29, 1.82) is 0 Å². The van der Waals surface area contributed by atoms with Crippen molar-refractivity contribution in [3.05, 3.63) is 35.9 Å². The van der Waals surface area contributed by atoms with E-state index in [1.54, 1.807) is 0 Å². The standard InChI is InChI=1S/C11H14O.2C2H6.CH5N/c12-10-6-2-5-9-11-7-3-1-4-8-11;3*1-2/h1,3-4,7-8,10H,2,5-6,9H2;2*1-2H3;2H2,1H3. The average Bonchev–Trinajstić information content (AvgIpc) is 2.51. The number of benzene rings is 1. The van der Waals surface area contributed by atoms with E-state index < -0.39 is 0 Å². The lowest BCUT2D eigenvalue weighted by atomic mass is 10.1. The third kappa shape index (κ3) is 17.3. The molecule has 0 saturated heterocycles. The van der Waals surface area contributed by atoms with Crippen LogP contribution < -0.4 is 5.73 Å². The van der Waals surface area contributed by atoms with E-state index in [0.717, 1.165) is 25.5 Å². The van der Waals surface area contributed by atoms with Crippen molar-refractivity contribution in [1.82, 2.24) is 0 Å². The lowest BCUT2D eigenvalue weighted by Gasteiger charge is -1.97. The zero-order valence-corrected chi connectivity index (χ0v) is 12.8. The second-order valence-corrected chi connectivity index (χ2v) is 2.90. The highest BCUT2D eigenvalue weighted by Gasteiger charge is 1.90. The molecule has 0 radical (unpaired) electrons. The number of unbranched alkanes of at least 4 members (excludes halogenated alkanes) is 2. The van der Waals surface area contributed by atoms with Crippen LogP contribution in [0.3, 0.4) is 0 Å². The Morgan fingerprint density at radius 1 is 0.944 bits per heavy atom. The van der Waals surface area contributed by atoms with Crippen LogP contribution in [0.4, 0.5) is 0 Å². The number of aldehydes is 1. The van der Waals surface area contributed by atoms with Crippen LogP contribution in [0.1, 0.15) is 52.5 Å². The van der Waals surface area contributed by atoms with Gasteiger partial charge in [0.05, 0.1) is 0 Å². The molecule has 1 rings (SSSR count). The van der Waals surface area contributed by atoms with Gasteiger partial charge in [0.25, 0.3) is 0 Å². The predicted octanol–water partition coefficient (Wildman–Crippen LogP) is 4.23. The summed E-state index contributed by atoms with van der Waals surface area (Å²) >= 11 is 0. The van der Waals surface area contributed by atoms with Crippen molar-refractivity contribution in [2.75, 3.05) is 7.05 Å². The van der Waals surface area contributed by atoms with E-state index in [1.807, 2.05) is 33.8 Å². The molecule has 2 N–H and O–H groups in total. The van der Waals surface area contributed by atoms with Gasteiger partial charge in [-0.25, -0.2) is 0 Å². The van der Waals surface area contributed by atoms with Crippen molar-refractivity contribution in [3.63, 3.8) is 0 Å². The summed E-state index contributed by atoms with van der Waals surface area (Å²) in [6.45, 7) is 8.00. The van der Waals surface area contributed by atoms with Gasteiger partial charge in [-0.2, -0.15) is 0 Å². The van der Waals surface area contributed by atoms with E-state index in [-0.39, 0.29) is 0 Å². The Kier molecular flexibility index (Phi) is 30.5. The fraction of sp³-hybridized carbons (Fsp3) is 0.562. The minimum Gasteiger partial charge on any atom is -0.333 e. The highest BCUT2D eigenvalue weighted by Crippen LogP contribution is 2.04. The lowest BCUT2D eigenvalue weighted by Crippen LogP contribution is -1.85. The highest BCUT2D eigenvalue weighted by atomic mass is 16.1. The van der Waals surface area contributed by atoms with Crippen LogP contribution in [-0.4, -0.2) is 13.3 Å². The number of hydrogen-bond donors (Lipinski definition) is 1. The van der Waals surface area contributed by atoms with E-state index in [1.165, 1.54) is 12.6 Å². The van der Waals surface area contributed by atoms with Crippen molar-refractivity contribution in [2.45, 2.75) is 53.4 Å². The van der Waals surface area contributed by atoms with Crippen LogP contribution in [0.25, 0.3) is 0 Å². The Hall–Kier alpha value is -1.15. The average molecular weight is 253 g/mol. The minimum atomic E-state index is 0.701. The largest absolute Gasteiger partial charge is 0.333 e. The number of aryl methyl sites for hydroxylation is 1. The molecule has 0 unspecified atom stereocenters. The SMILES string of the molecule is CC.CC.CN.O=CCCCCc1ccccc1. The summed E-state index contributed by atoms with van der Waals surface area (Å²) < 4.78 is 0. The third-order valence-corrected chi connectivity index (χ3v) is 1.88. The Labute approximate surface area is 114 Å². The van der Waals surface area contributed by atoms with Crippen LogP contribution in [-0.2, 0) is 11.2 Å². The van der Waals surface area contributed by atoms with Gasteiger partial charge in [0.1, 0.15) is 6.29 Å². The monoisotopic (exact) mass is 253 g/mol. The van der Waals surface area contributed by atoms with Crippen LogP contribution in [0.15, 0.2) is 30.3 Å². The summed E-state index contributed by atoms with van der Waals surface area (Å²) in [6, 6.07) is 10.4. The molecule has 0 aliphatic heterocycles. The van der Waals surface area contributed by atoms with Crippen LogP contribution in [0, 0.1) is 0 Å². The fourth-order valence-electron chi connectivity index (χ4n) is 1.20. The maximum atomic E-state index is 10.0. The van der Waals surface area contributed by atoms with Crippen molar-refractivity contribution < 1.29 is 4.79 Å². The predicted molar refractivity (Wildman–Crippen MR) is 82.9 cm³/mol. The van der Waals surface area contributed by atoms with Gasteiger partial charge in [-0.3, -0.25) is 0 Å². The molecule has 2 heteroatoms. The first kappa shape index (κ1) is 22.1. The summed E-state index contributed by atoms with van der Waals surface area (Å²) in [7, 11) is 1.50. The molecule has 0 bridgehead atoms. The molecule has 0 fully saturated rings. The quantitative estimate of drug-likeness (QED) is 0.630. The Bertz CT molecular complexity index is 222. The molecule has 0 heterocycles. The van der Waals surface area contributed by atoms with Gasteiger partial charge < -0.3 is 10.5 Å². The Morgan fingerprint density at radius 2 is 1.44 bits per heavy atom. The minimum absolute atomic E-state index is 0.701. The zero-order valence-electron chi connectivity index (χ0n) is 12.8. The first-order valence-corrected chi connectivity index (χ1v) is 6.99. The van der Waals surface area contributed by atoms with Gasteiger partial charge in [-0.15, -0.1) is 0 Å². The van der Waals surface area contributed by atoms with Gasteiger partial charge >= 0.3 is 0 Å². The molecule has 1 aromatic carbocycles. The second kappa shape index (κ2) is 24.9. The summed E-state index contributed by atoms with van der Waals surface area (Å²) in [5, 5.41) is 0. The maximum absolute atomic E-state index is 10.0. The van der Waals surface area contributed by atoms with Crippen molar-refractivity contribution in [3.8, 4) is 0 Å². The molecule has 0 atom stereocenters. The molecule has 18 heavy (non-hydrogen) atoms. The van der Waals surface area contributed by atoms with Gasteiger partial charge in [-0.05, 0) is 31.9 Å². The summed E-state index contributed by atoms with van der Waals surface area (Å²) in [4.78, 5) is 10.0. The van der Waals surface area contributed by atoms with Gasteiger partial charge in [-0.1, -0.05) is 58.0 Å². The Balaban J connectivity index is -0.000000328. The smallest absolute Gasteiger partial charge is 0.119 e. The Morgan fingerprint density at radius 3 is 1.89 bits per heavy atom. The molecule has 1 aromatic rings. The van der Waals surface area contributed by atoms with Gasteiger partial charge in [0.2, 0.25) is 0 Å². The van der Waals surface area contributed by atoms with Crippen LogP contribution in [0.2, 0.25) is 0 Å². The molecular formula is C16H31NO. The van der Waals surface area contributed by atoms with E-state index in [9.17, 15) is 4.79 Å².